The SMILES string of the molecule is COCCNC(=O)CCn1cc(Br)c([N+](=O)[O-])n1. The maximum Gasteiger partial charge on any atom is 0.404 e. The Morgan fingerprint density at radius 3 is 3.00 bits per heavy atom. The fourth-order valence-corrected chi connectivity index (χ4v) is 1.68. The van der Waals surface area contributed by atoms with Crippen LogP contribution in [0.1, 0.15) is 6.42 Å². The van der Waals surface area contributed by atoms with Gasteiger partial charge in [-0.25, -0.2) is 0 Å². The minimum atomic E-state index is -0.584. The van der Waals surface area contributed by atoms with Crippen LogP contribution in [-0.4, -0.2) is 40.9 Å². The highest BCUT2D eigenvalue weighted by atomic mass is 79.9. The predicted molar refractivity (Wildman–Crippen MR) is 66.1 cm³/mol. The first-order chi connectivity index (χ1) is 8.54. The Morgan fingerprint density at radius 2 is 2.44 bits per heavy atom. The highest BCUT2D eigenvalue weighted by Gasteiger charge is 2.18. The number of aryl methyl sites for hydroxylation is 1. The van der Waals surface area contributed by atoms with E-state index in [1.807, 2.05) is 0 Å². The van der Waals surface area contributed by atoms with Crippen molar-refractivity contribution < 1.29 is 14.5 Å². The van der Waals surface area contributed by atoms with Crippen LogP contribution in [0.4, 0.5) is 5.82 Å². The van der Waals surface area contributed by atoms with Gasteiger partial charge in [-0.05, 0) is 20.9 Å². The van der Waals surface area contributed by atoms with Gasteiger partial charge >= 0.3 is 5.82 Å². The summed E-state index contributed by atoms with van der Waals surface area (Å²) in [7, 11) is 1.55. The van der Waals surface area contributed by atoms with Gasteiger partial charge in [0.05, 0.1) is 24.4 Å². The third kappa shape index (κ3) is 4.41. The standard InChI is InChI=1S/C9H13BrN4O4/c1-18-5-3-11-8(15)2-4-13-6-7(10)9(12-13)14(16)17/h6H,2-5H2,1H3,(H,11,15). The Hall–Kier alpha value is -1.48. The molecule has 0 spiro atoms. The highest BCUT2D eigenvalue weighted by molar-refractivity contribution is 9.10. The van der Waals surface area contributed by atoms with Gasteiger partial charge in [0.25, 0.3) is 0 Å². The average molecular weight is 321 g/mol. The lowest BCUT2D eigenvalue weighted by Gasteiger charge is -2.02. The lowest BCUT2D eigenvalue weighted by molar-refractivity contribution is -0.390. The van der Waals surface area contributed by atoms with Crippen LogP contribution in [0.25, 0.3) is 0 Å². The van der Waals surface area contributed by atoms with E-state index in [4.69, 9.17) is 4.74 Å². The van der Waals surface area contributed by atoms with Gasteiger partial charge in [-0.2, -0.15) is 4.68 Å². The summed E-state index contributed by atoms with van der Waals surface area (Å²) in [5.74, 6) is -0.406. The fourth-order valence-electron chi connectivity index (χ4n) is 1.22. The Balaban J connectivity index is 2.41. The Kier molecular flexibility index (Phi) is 5.72. The number of halogens is 1. The van der Waals surface area contributed by atoms with Crippen LogP contribution in [0.2, 0.25) is 0 Å². The molecule has 100 valence electrons. The van der Waals surface area contributed by atoms with Crippen LogP contribution in [0, 0.1) is 10.1 Å². The number of ether oxygens (including phenoxy) is 1. The number of aromatic nitrogens is 2. The number of nitrogens with one attached hydrogen (secondary N) is 1. The van der Waals surface area contributed by atoms with Gasteiger partial charge in [0.2, 0.25) is 5.91 Å². The molecule has 0 bridgehead atoms. The van der Waals surface area contributed by atoms with Crippen molar-refractivity contribution in [2.24, 2.45) is 0 Å². The molecule has 0 radical (unpaired) electrons. The minimum absolute atomic E-state index is 0.152. The topological polar surface area (TPSA) is 99.3 Å². The van der Waals surface area contributed by atoms with Gasteiger partial charge in [-0.1, -0.05) is 0 Å². The zero-order valence-electron chi connectivity index (χ0n) is 9.76. The molecule has 1 rings (SSSR count). The molecule has 0 aliphatic rings. The first kappa shape index (κ1) is 14.6. The summed E-state index contributed by atoms with van der Waals surface area (Å²) >= 11 is 3.03. The summed E-state index contributed by atoms with van der Waals surface area (Å²) in [6, 6.07) is 0. The van der Waals surface area contributed by atoms with Crippen molar-refractivity contribution in [3.05, 3.63) is 20.8 Å². The summed E-state index contributed by atoms with van der Waals surface area (Å²) < 4.78 is 6.44. The van der Waals surface area contributed by atoms with E-state index < -0.39 is 4.92 Å². The lowest BCUT2D eigenvalue weighted by atomic mass is 10.4. The molecule has 1 aromatic heterocycles. The molecule has 8 nitrogen and oxygen atoms in total. The number of amides is 1. The quantitative estimate of drug-likeness (QED) is 0.453. The van der Waals surface area contributed by atoms with Crippen molar-refractivity contribution in [2.45, 2.75) is 13.0 Å². The maximum absolute atomic E-state index is 11.4. The second-order valence-electron chi connectivity index (χ2n) is 3.41. The number of carbonyl (C=O) groups excluding carboxylic acids is 1. The molecule has 0 fully saturated rings. The average Bonchev–Trinajstić information content (AvgIpc) is 2.68. The van der Waals surface area contributed by atoms with Crippen molar-refractivity contribution >= 4 is 27.7 Å². The normalized spacial score (nSPS) is 10.3. The van der Waals surface area contributed by atoms with Crippen LogP contribution in [0.3, 0.4) is 0 Å². The molecule has 0 atom stereocenters. The van der Waals surface area contributed by atoms with Gasteiger partial charge in [0.1, 0.15) is 4.47 Å². The number of carbonyl (C=O) groups is 1. The highest BCUT2D eigenvalue weighted by Crippen LogP contribution is 2.21. The molecule has 1 heterocycles. The van der Waals surface area contributed by atoms with E-state index in [1.165, 1.54) is 10.9 Å². The molecule has 1 N–H and O–H groups in total. The molecule has 0 saturated carbocycles. The van der Waals surface area contributed by atoms with Crippen molar-refractivity contribution in [1.29, 1.82) is 0 Å². The first-order valence-electron chi connectivity index (χ1n) is 5.17. The van der Waals surface area contributed by atoms with Crippen LogP contribution in [0.15, 0.2) is 10.7 Å². The van der Waals surface area contributed by atoms with Gasteiger partial charge in [-0.3, -0.25) is 4.79 Å². The van der Waals surface area contributed by atoms with E-state index >= 15 is 0 Å². The lowest BCUT2D eigenvalue weighted by Crippen LogP contribution is -2.27. The monoisotopic (exact) mass is 320 g/mol. The fraction of sp³-hybridized carbons (Fsp3) is 0.556. The number of nitrogens with zero attached hydrogens (tertiary/aromatic N) is 3. The summed E-state index contributed by atoms with van der Waals surface area (Å²) in [6.45, 7) is 1.17. The van der Waals surface area contributed by atoms with Crippen LogP contribution < -0.4 is 5.32 Å². The molecule has 0 aromatic carbocycles. The molecule has 1 amide bonds. The number of hydrogen-bond donors (Lipinski definition) is 1. The predicted octanol–water partition coefficient (Wildman–Crippen LogP) is 0.706. The van der Waals surface area contributed by atoms with E-state index in [9.17, 15) is 14.9 Å². The van der Waals surface area contributed by atoms with Gasteiger partial charge in [0, 0.05) is 20.1 Å². The largest absolute Gasteiger partial charge is 0.404 e. The summed E-state index contributed by atoms with van der Waals surface area (Å²) in [4.78, 5) is 21.3. The molecule has 0 saturated heterocycles. The number of rotatable bonds is 7. The molecule has 0 unspecified atom stereocenters. The molecule has 1 aromatic rings. The number of methoxy groups -OCH3 is 1. The maximum atomic E-state index is 11.4. The molecular weight excluding hydrogens is 308 g/mol. The minimum Gasteiger partial charge on any atom is -0.383 e. The third-order valence-corrected chi connectivity index (χ3v) is 2.63. The van der Waals surface area contributed by atoms with Crippen LogP contribution >= 0.6 is 15.9 Å². The Labute approximate surface area is 112 Å². The van der Waals surface area contributed by atoms with E-state index in [1.54, 1.807) is 7.11 Å². The van der Waals surface area contributed by atoms with Crippen molar-refractivity contribution in [3.8, 4) is 0 Å². The van der Waals surface area contributed by atoms with Crippen molar-refractivity contribution in [1.82, 2.24) is 15.1 Å². The Bertz CT molecular complexity index is 434. The summed E-state index contributed by atoms with van der Waals surface area (Å²) in [6.07, 6.45) is 1.68. The molecule has 0 aliphatic heterocycles. The summed E-state index contributed by atoms with van der Waals surface area (Å²) in [5, 5.41) is 16.9. The number of hydrogen-bond acceptors (Lipinski definition) is 5. The molecule has 18 heavy (non-hydrogen) atoms. The summed E-state index contributed by atoms with van der Waals surface area (Å²) in [5.41, 5.74) is 0. The van der Waals surface area contributed by atoms with Crippen molar-refractivity contribution in [2.75, 3.05) is 20.3 Å². The van der Waals surface area contributed by atoms with Gasteiger partial charge in [-0.15, -0.1) is 0 Å². The molecule has 0 aliphatic carbocycles. The number of nitro groups is 1. The van der Waals surface area contributed by atoms with Gasteiger partial charge in [0.15, 0.2) is 0 Å². The van der Waals surface area contributed by atoms with E-state index in [0.29, 0.717) is 17.6 Å². The van der Waals surface area contributed by atoms with Gasteiger partial charge < -0.3 is 20.2 Å². The zero-order valence-corrected chi connectivity index (χ0v) is 11.3. The smallest absolute Gasteiger partial charge is 0.383 e. The molecular formula is C9H13BrN4O4. The van der Waals surface area contributed by atoms with E-state index in [2.05, 4.69) is 26.3 Å². The van der Waals surface area contributed by atoms with E-state index in [-0.39, 0.29) is 24.7 Å². The molecule has 9 heteroatoms. The van der Waals surface area contributed by atoms with Crippen LogP contribution in [-0.2, 0) is 16.1 Å². The van der Waals surface area contributed by atoms with Crippen molar-refractivity contribution in [3.63, 3.8) is 0 Å². The third-order valence-electron chi connectivity index (χ3n) is 2.07. The second-order valence-corrected chi connectivity index (χ2v) is 4.27. The second kappa shape index (κ2) is 7.07. The zero-order chi connectivity index (χ0) is 13.5. The van der Waals surface area contributed by atoms with E-state index in [0.717, 1.165) is 0 Å². The first-order valence-corrected chi connectivity index (χ1v) is 5.97. The Morgan fingerprint density at radius 1 is 1.72 bits per heavy atom. The van der Waals surface area contributed by atoms with Crippen LogP contribution in [0.5, 0.6) is 0 Å².